The highest BCUT2D eigenvalue weighted by atomic mass is 16.6. The summed E-state index contributed by atoms with van der Waals surface area (Å²) in [6, 6.07) is 0. The van der Waals surface area contributed by atoms with E-state index >= 15 is 0 Å². The second-order valence-corrected chi connectivity index (χ2v) is 7.86. The first-order valence-corrected chi connectivity index (χ1v) is 11.2. The minimum Gasteiger partial charge on any atom is -0.394 e. The van der Waals surface area contributed by atoms with Crippen LogP contribution in [0.4, 0.5) is 5.82 Å². The summed E-state index contributed by atoms with van der Waals surface area (Å²) in [6.07, 6.45) is 3.08. The van der Waals surface area contributed by atoms with Crippen LogP contribution in [0.3, 0.4) is 0 Å². The van der Waals surface area contributed by atoms with Gasteiger partial charge in [-0.2, -0.15) is 0 Å². The minimum atomic E-state index is -1.29. The number of rotatable bonds is 9. The first-order valence-electron chi connectivity index (χ1n) is 11.2. The molecule has 3 rings (SSSR count). The highest BCUT2D eigenvalue weighted by molar-refractivity contribution is 5.97. The Morgan fingerprint density at radius 1 is 1.19 bits per heavy atom. The van der Waals surface area contributed by atoms with Gasteiger partial charge in [0.15, 0.2) is 23.2 Å². The highest BCUT2D eigenvalue weighted by Crippen LogP contribution is 2.32. The van der Waals surface area contributed by atoms with Crippen molar-refractivity contribution < 1.29 is 24.9 Å². The van der Waals surface area contributed by atoms with Crippen molar-refractivity contribution >= 4 is 22.9 Å². The van der Waals surface area contributed by atoms with Crippen LogP contribution in [0.2, 0.25) is 0 Å². The highest BCUT2D eigenvalue weighted by Gasteiger charge is 2.44. The van der Waals surface area contributed by atoms with Gasteiger partial charge in [-0.1, -0.05) is 39.0 Å². The second-order valence-electron chi connectivity index (χ2n) is 7.86. The third kappa shape index (κ3) is 5.42. The number of hydrogen-bond acceptors (Lipinski definition) is 8. The Balaban J connectivity index is 1.95. The SMILES string of the molecule is CCCCCCC#Cc1nc(NC(=O)CCC)c2ncn([C@@H]3O[C@H](CO)[C@@H](O)[C@H]3O)c2n1. The average Bonchev–Trinajstić information content (AvgIpc) is 3.32. The number of aliphatic hydroxyl groups excluding tert-OH is 3. The number of aromatic nitrogens is 4. The summed E-state index contributed by atoms with van der Waals surface area (Å²) in [5, 5.41) is 32.7. The lowest BCUT2D eigenvalue weighted by Crippen LogP contribution is -2.33. The van der Waals surface area contributed by atoms with E-state index in [2.05, 4.69) is 39.0 Å². The zero-order valence-electron chi connectivity index (χ0n) is 18.5. The Bertz CT molecular complexity index is 982. The number of imidazole rings is 1. The molecule has 1 saturated heterocycles. The largest absolute Gasteiger partial charge is 0.394 e. The van der Waals surface area contributed by atoms with E-state index in [4.69, 9.17) is 4.74 Å². The van der Waals surface area contributed by atoms with Crippen molar-refractivity contribution in [2.24, 2.45) is 0 Å². The van der Waals surface area contributed by atoms with Gasteiger partial charge in [-0.15, -0.1) is 0 Å². The molecule has 0 aromatic carbocycles. The molecule has 2 aromatic heterocycles. The van der Waals surface area contributed by atoms with Crippen LogP contribution in [0.5, 0.6) is 0 Å². The molecule has 0 aliphatic carbocycles. The van der Waals surface area contributed by atoms with Gasteiger partial charge in [0.25, 0.3) is 0 Å². The maximum absolute atomic E-state index is 12.2. The first-order chi connectivity index (χ1) is 15.5. The van der Waals surface area contributed by atoms with Crippen LogP contribution in [0.1, 0.15) is 70.8 Å². The minimum absolute atomic E-state index is 0.201. The molecule has 10 nitrogen and oxygen atoms in total. The number of amides is 1. The lowest BCUT2D eigenvalue weighted by Gasteiger charge is -2.16. The van der Waals surface area contributed by atoms with Crippen LogP contribution in [0, 0.1) is 11.8 Å². The predicted molar refractivity (Wildman–Crippen MR) is 118 cm³/mol. The number of unbranched alkanes of at least 4 members (excludes halogenated alkanes) is 4. The molecule has 1 aliphatic heterocycles. The maximum Gasteiger partial charge on any atom is 0.225 e. The number of hydrogen-bond donors (Lipinski definition) is 4. The monoisotopic (exact) mass is 445 g/mol. The lowest BCUT2D eigenvalue weighted by molar-refractivity contribution is -0.116. The fraction of sp³-hybridized carbons (Fsp3) is 0.636. The van der Waals surface area contributed by atoms with E-state index in [9.17, 15) is 20.1 Å². The molecule has 1 fully saturated rings. The van der Waals surface area contributed by atoms with Gasteiger partial charge in [-0.25, -0.2) is 15.0 Å². The van der Waals surface area contributed by atoms with Crippen molar-refractivity contribution in [3.05, 3.63) is 12.2 Å². The van der Waals surface area contributed by atoms with Gasteiger partial charge >= 0.3 is 0 Å². The van der Waals surface area contributed by atoms with E-state index in [1.165, 1.54) is 17.3 Å². The number of anilines is 1. The summed E-state index contributed by atoms with van der Waals surface area (Å²) in [6.45, 7) is 3.61. The van der Waals surface area contributed by atoms with E-state index in [0.29, 0.717) is 30.4 Å². The Hall–Kier alpha value is -2.58. The molecule has 1 aliphatic rings. The van der Waals surface area contributed by atoms with Crippen molar-refractivity contribution in [1.29, 1.82) is 0 Å². The molecular formula is C22H31N5O5. The number of carbonyl (C=O) groups is 1. The van der Waals surface area contributed by atoms with Crippen LogP contribution in [0.25, 0.3) is 11.2 Å². The number of ether oxygens (including phenoxy) is 1. The van der Waals surface area contributed by atoms with Crippen molar-refractivity contribution in [3.63, 3.8) is 0 Å². The molecule has 2 aromatic rings. The Morgan fingerprint density at radius 3 is 2.69 bits per heavy atom. The van der Waals surface area contributed by atoms with Crippen molar-refractivity contribution in [1.82, 2.24) is 19.5 Å². The van der Waals surface area contributed by atoms with Crippen LogP contribution in [-0.4, -0.2) is 65.7 Å². The summed E-state index contributed by atoms with van der Waals surface area (Å²) in [5.41, 5.74) is 0.623. The lowest BCUT2D eigenvalue weighted by atomic mass is 10.1. The van der Waals surface area contributed by atoms with Crippen molar-refractivity contribution in [3.8, 4) is 11.8 Å². The fourth-order valence-corrected chi connectivity index (χ4v) is 3.56. The summed E-state index contributed by atoms with van der Waals surface area (Å²) in [4.78, 5) is 25.3. The molecule has 10 heteroatoms. The standard InChI is InChI=1S/C22H31N5O5/c1-3-5-6-7-8-9-11-15-24-20(26-16(29)10-4-2)17-21(25-15)27(13-23-17)22-19(31)18(30)14(12-28)32-22/h13-14,18-19,22,28,30-31H,3-8,10,12H2,1-2H3,(H,24,25,26,29)/t14-,18-,19-,22-/m1/s1. The topological polar surface area (TPSA) is 143 Å². The number of nitrogens with one attached hydrogen (secondary N) is 1. The normalized spacial score (nSPS) is 22.7. The smallest absolute Gasteiger partial charge is 0.225 e. The molecule has 0 radical (unpaired) electrons. The van der Waals surface area contributed by atoms with Gasteiger partial charge in [-0.3, -0.25) is 9.36 Å². The third-order valence-corrected chi connectivity index (χ3v) is 5.30. The summed E-state index contributed by atoms with van der Waals surface area (Å²) in [7, 11) is 0. The van der Waals surface area contributed by atoms with E-state index < -0.39 is 31.1 Å². The van der Waals surface area contributed by atoms with Gasteiger partial charge in [-0.05, 0) is 18.8 Å². The molecule has 0 bridgehead atoms. The fourth-order valence-electron chi connectivity index (χ4n) is 3.56. The van der Waals surface area contributed by atoms with E-state index in [-0.39, 0.29) is 17.5 Å². The van der Waals surface area contributed by atoms with Crippen LogP contribution in [0.15, 0.2) is 6.33 Å². The molecule has 32 heavy (non-hydrogen) atoms. The number of aliphatic hydroxyl groups is 3. The molecule has 0 unspecified atom stereocenters. The molecule has 3 heterocycles. The molecule has 0 saturated carbocycles. The van der Waals surface area contributed by atoms with Gasteiger partial charge in [0, 0.05) is 12.8 Å². The molecular weight excluding hydrogens is 414 g/mol. The summed E-state index contributed by atoms with van der Waals surface area (Å²) in [5.74, 6) is 6.27. The van der Waals surface area contributed by atoms with Crippen LogP contribution >= 0.6 is 0 Å². The van der Waals surface area contributed by atoms with E-state index in [0.717, 1.165) is 19.3 Å². The molecule has 0 spiro atoms. The van der Waals surface area contributed by atoms with Gasteiger partial charge in [0.05, 0.1) is 12.9 Å². The number of fused-ring (bicyclic) bond motifs is 1. The molecule has 1 amide bonds. The summed E-state index contributed by atoms with van der Waals surface area (Å²) >= 11 is 0. The molecule has 4 atom stereocenters. The van der Waals surface area contributed by atoms with Gasteiger partial charge in [0.2, 0.25) is 11.7 Å². The average molecular weight is 446 g/mol. The Morgan fingerprint density at radius 2 is 2.00 bits per heavy atom. The summed E-state index contributed by atoms with van der Waals surface area (Å²) < 4.78 is 7.07. The third-order valence-electron chi connectivity index (χ3n) is 5.30. The van der Waals surface area contributed by atoms with Crippen molar-refractivity contribution in [2.75, 3.05) is 11.9 Å². The molecule has 174 valence electrons. The van der Waals surface area contributed by atoms with Gasteiger partial charge < -0.3 is 25.4 Å². The van der Waals surface area contributed by atoms with Crippen LogP contribution < -0.4 is 5.32 Å². The first kappa shape index (κ1) is 24.1. The predicted octanol–water partition coefficient (Wildman–Crippen LogP) is 1.50. The number of carbonyl (C=O) groups excluding carboxylic acids is 1. The second kappa shape index (κ2) is 11.3. The van der Waals surface area contributed by atoms with Crippen molar-refractivity contribution in [2.45, 2.75) is 83.3 Å². The Labute approximate surface area is 187 Å². The van der Waals surface area contributed by atoms with E-state index in [1.807, 2.05) is 6.92 Å². The van der Waals surface area contributed by atoms with Crippen LogP contribution in [-0.2, 0) is 9.53 Å². The zero-order chi connectivity index (χ0) is 23.1. The zero-order valence-corrected chi connectivity index (χ0v) is 18.5. The van der Waals surface area contributed by atoms with Gasteiger partial charge in [0.1, 0.15) is 18.3 Å². The quantitative estimate of drug-likeness (QED) is 0.336. The van der Waals surface area contributed by atoms with E-state index in [1.54, 1.807) is 0 Å². The Kier molecular flexibility index (Phi) is 8.53. The maximum atomic E-state index is 12.2. The molecule has 4 N–H and O–H groups in total. The number of nitrogens with zero attached hydrogens (tertiary/aromatic N) is 4.